The van der Waals surface area contributed by atoms with Crippen LogP contribution in [0, 0.1) is 5.82 Å². The minimum absolute atomic E-state index is 0.103. The van der Waals surface area contributed by atoms with E-state index >= 15 is 0 Å². The number of nitrogens with zero attached hydrogens (tertiary/aromatic N) is 2. The summed E-state index contributed by atoms with van der Waals surface area (Å²) in [6.45, 7) is 2.65. The maximum atomic E-state index is 12.9. The molecule has 6 nitrogen and oxygen atoms in total. The highest BCUT2D eigenvalue weighted by Gasteiger charge is 2.14. The van der Waals surface area contributed by atoms with Crippen LogP contribution in [0.2, 0.25) is 0 Å². The number of fused-ring (bicyclic) bond motifs is 1. The van der Waals surface area contributed by atoms with Crippen LogP contribution in [-0.4, -0.2) is 34.6 Å². The summed E-state index contributed by atoms with van der Waals surface area (Å²) >= 11 is 0. The lowest BCUT2D eigenvalue weighted by molar-refractivity contribution is -0.143. The summed E-state index contributed by atoms with van der Waals surface area (Å²) in [5.74, 6) is -0.168. The molecule has 0 fully saturated rings. The van der Waals surface area contributed by atoms with E-state index in [1.54, 1.807) is 6.92 Å². The second-order valence-electron chi connectivity index (χ2n) is 6.27. The van der Waals surface area contributed by atoms with Gasteiger partial charge in [-0.15, -0.1) is 0 Å². The molecule has 0 aliphatic heterocycles. The number of hydrogen-bond donors (Lipinski definition) is 1. The SMILES string of the molecule is CCOC(=O)Cn1c(CCCNC(=O)c2ccc(F)cc2)nc2ccccc21. The van der Waals surface area contributed by atoms with Crippen molar-refractivity contribution in [2.45, 2.75) is 26.3 Å². The third kappa shape index (κ3) is 4.73. The van der Waals surface area contributed by atoms with E-state index in [4.69, 9.17) is 4.74 Å². The van der Waals surface area contributed by atoms with Gasteiger partial charge >= 0.3 is 5.97 Å². The Morgan fingerprint density at radius 2 is 1.89 bits per heavy atom. The molecule has 7 heteroatoms. The molecule has 0 aliphatic carbocycles. The molecule has 1 N–H and O–H groups in total. The molecule has 2 aromatic carbocycles. The molecule has 28 heavy (non-hydrogen) atoms. The minimum atomic E-state index is -0.378. The van der Waals surface area contributed by atoms with Gasteiger partial charge in [0.05, 0.1) is 17.6 Å². The normalized spacial score (nSPS) is 10.8. The number of esters is 1. The smallest absolute Gasteiger partial charge is 0.326 e. The van der Waals surface area contributed by atoms with Crippen LogP contribution < -0.4 is 5.32 Å². The fourth-order valence-electron chi connectivity index (χ4n) is 2.98. The van der Waals surface area contributed by atoms with Gasteiger partial charge in [0.2, 0.25) is 0 Å². The zero-order valence-corrected chi connectivity index (χ0v) is 15.7. The third-order valence-corrected chi connectivity index (χ3v) is 4.30. The van der Waals surface area contributed by atoms with Gasteiger partial charge < -0.3 is 14.6 Å². The zero-order valence-electron chi connectivity index (χ0n) is 15.7. The van der Waals surface area contributed by atoms with Crippen molar-refractivity contribution in [2.24, 2.45) is 0 Å². The fourth-order valence-corrected chi connectivity index (χ4v) is 2.98. The maximum Gasteiger partial charge on any atom is 0.326 e. The van der Waals surface area contributed by atoms with Gasteiger partial charge in [0.15, 0.2) is 0 Å². The molecular formula is C21H22FN3O3. The molecule has 0 radical (unpaired) electrons. The number of benzene rings is 2. The molecule has 0 atom stereocenters. The molecule has 1 heterocycles. The Labute approximate surface area is 162 Å². The van der Waals surface area contributed by atoms with Crippen LogP contribution >= 0.6 is 0 Å². The van der Waals surface area contributed by atoms with E-state index in [9.17, 15) is 14.0 Å². The van der Waals surface area contributed by atoms with Crippen LogP contribution in [0.3, 0.4) is 0 Å². The molecule has 0 saturated heterocycles. The Hall–Kier alpha value is -3.22. The van der Waals surface area contributed by atoms with E-state index in [2.05, 4.69) is 10.3 Å². The highest BCUT2D eigenvalue weighted by Crippen LogP contribution is 2.17. The first-order valence-corrected chi connectivity index (χ1v) is 9.22. The van der Waals surface area contributed by atoms with Gasteiger partial charge in [0.25, 0.3) is 5.91 Å². The second-order valence-corrected chi connectivity index (χ2v) is 6.27. The van der Waals surface area contributed by atoms with Crippen molar-refractivity contribution in [3.63, 3.8) is 0 Å². The topological polar surface area (TPSA) is 73.2 Å². The largest absolute Gasteiger partial charge is 0.465 e. The van der Waals surface area contributed by atoms with Gasteiger partial charge in [-0.2, -0.15) is 0 Å². The lowest BCUT2D eigenvalue weighted by Crippen LogP contribution is -2.25. The predicted molar refractivity (Wildman–Crippen MR) is 103 cm³/mol. The summed E-state index contributed by atoms with van der Waals surface area (Å²) in [6, 6.07) is 13.0. The molecule has 0 bridgehead atoms. The van der Waals surface area contributed by atoms with Crippen molar-refractivity contribution in [3.8, 4) is 0 Å². The molecule has 0 unspecified atom stereocenters. The van der Waals surface area contributed by atoms with Crippen LogP contribution in [0.5, 0.6) is 0 Å². The Bertz CT molecular complexity index is 967. The van der Waals surface area contributed by atoms with Gasteiger partial charge in [-0.1, -0.05) is 12.1 Å². The molecule has 1 aromatic heterocycles. The molecule has 0 spiro atoms. The van der Waals surface area contributed by atoms with Crippen molar-refractivity contribution in [3.05, 3.63) is 65.7 Å². The van der Waals surface area contributed by atoms with Crippen molar-refractivity contribution in [2.75, 3.05) is 13.2 Å². The van der Waals surface area contributed by atoms with Gasteiger partial charge in [0.1, 0.15) is 18.2 Å². The number of nitrogens with one attached hydrogen (secondary N) is 1. The van der Waals surface area contributed by atoms with Gasteiger partial charge in [-0.25, -0.2) is 9.37 Å². The van der Waals surface area contributed by atoms with Crippen molar-refractivity contribution in [1.29, 1.82) is 0 Å². The molecule has 1 amide bonds. The Morgan fingerprint density at radius 3 is 2.64 bits per heavy atom. The quantitative estimate of drug-likeness (QED) is 0.479. The number of rotatable bonds is 8. The first-order valence-electron chi connectivity index (χ1n) is 9.22. The fraction of sp³-hybridized carbons (Fsp3) is 0.286. The summed E-state index contributed by atoms with van der Waals surface area (Å²) in [5.41, 5.74) is 2.11. The summed E-state index contributed by atoms with van der Waals surface area (Å²) in [5, 5.41) is 2.81. The summed E-state index contributed by atoms with van der Waals surface area (Å²) in [7, 11) is 0. The summed E-state index contributed by atoms with van der Waals surface area (Å²) in [6.07, 6.45) is 1.25. The Morgan fingerprint density at radius 1 is 1.14 bits per heavy atom. The number of hydrogen-bond acceptors (Lipinski definition) is 4. The highest BCUT2D eigenvalue weighted by atomic mass is 19.1. The standard InChI is InChI=1S/C21H22FN3O3/c1-2-28-20(26)14-25-18-7-4-3-6-17(18)24-19(25)8-5-13-23-21(27)15-9-11-16(22)12-10-15/h3-4,6-7,9-12H,2,5,8,13-14H2,1H3,(H,23,27). The van der Waals surface area contributed by atoms with Crippen LogP contribution in [0.1, 0.15) is 29.5 Å². The molecular weight excluding hydrogens is 361 g/mol. The highest BCUT2D eigenvalue weighted by molar-refractivity contribution is 5.94. The number of halogens is 1. The Balaban J connectivity index is 1.62. The number of carbonyl (C=O) groups excluding carboxylic acids is 2. The monoisotopic (exact) mass is 383 g/mol. The zero-order chi connectivity index (χ0) is 19.9. The predicted octanol–water partition coefficient (Wildman–Crippen LogP) is 3.10. The van der Waals surface area contributed by atoms with Gasteiger partial charge in [0, 0.05) is 18.5 Å². The van der Waals surface area contributed by atoms with Gasteiger partial charge in [-0.3, -0.25) is 9.59 Å². The van der Waals surface area contributed by atoms with Gasteiger partial charge in [-0.05, 0) is 49.7 Å². The molecule has 3 rings (SSSR count). The van der Waals surface area contributed by atoms with Crippen LogP contribution in [-0.2, 0) is 22.5 Å². The number of ether oxygens (including phenoxy) is 1. The lowest BCUT2D eigenvalue weighted by Gasteiger charge is -2.09. The second kappa shape index (κ2) is 9.12. The number of aromatic nitrogens is 2. The first-order chi connectivity index (χ1) is 13.6. The number of amides is 1. The average Bonchev–Trinajstić information content (AvgIpc) is 3.03. The van der Waals surface area contributed by atoms with Crippen molar-refractivity contribution < 1.29 is 18.7 Å². The Kier molecular flexibility index (Phi) is 6.37. The number of carbonyl (C=O) groups is 2. The summed E-state index contributed by atoms with van der Waals surface area (Å²) < 4.78 is 19.9. The molecule has 0 aliphatic rings. The van der Waals surface area contributed by atoms with E-state index in [-0.39, 0.29) is 24.2 Å². The number of imidazole rings is 1. The maximum absolute atomic E-state index is 12.9. The van der Waals surface area contributed by atoms with Crippen molar-refractivity contribution in [1.82, 2.24) is 14.9 Å². The lowest BCUT2D eigenvalue weighted by atomic mass is 10.2. The van der Waals surface area contributed by atoms with E-state index in [0.717, 1.165) is 16.9 Å². The molecule has 0 saturated carbocycles. The molecule has 3 aromatic rings. The van der Waals surface area contributed by atoms with Crippen molar-refractivity contribution >= 4 is 22.9 Å². The summed E-state index contributed by atoms with van der Waals surface area (Å²) in [4.78, 5) is 28.6. The molecule has 146 valence electrons. The van der Waals surface area contributed by atoms with Crippen LogP contribution in [0.4, 0.5) is 4.39 Å². The van der Waals surface area contributed by atoms with E-state index in [1.165, 1.54) is 24.3 Å². The van der Waals surface area contributed by atoms with E-state index in [0.29, 0.717) is 31.6 Å². The third-order valence-electron chi connectivity index (χ3n) is 4.30. The average molecular weight is 383 g/mol. The number of aryl methyl sites for hydroxylation is 1. The first kappa shape index (κ1) is 19.5. The van der Waals surface area contributed by atoms with E-state index in [1.807, 2.05) is 28.8 Å². The van der Waals surface area contributed by atoms with Crippen LogP contribution in [0.15, 0.2) is 48.5 Å². The van der Waals surface area contributed by atoms with E-state index < -0.39 is 0 Å². The van der Waals surface area contributed by atoms with Crippen LogP contribution in [0.25, 0.3) is 11.0 Å². The minimum Gasteiger partial charge on any atom is -0.465 e. The number of para-hydroxylation sites is 2.